The molecule has 3 N–H and O–H groups in total. The van der Waals surface area contributed by atoms with Gasteiger partial charge in [-0.1, -0.05) is 0 Å². The first-order valence-corrected chi connectivity index (χ1v) is 4.68. The van der Waals surface area contributed by atoms with E-state index in [4.69, 9.17) is 5.73 Å². The normalized spacial score (nSPS) is 10.6. The van der Waals surface area contributed by atoms with Crippen LogP contribution in [0.1, 0.15) is 0 Å². The van der Waals surface area contributed by atoms with E-state index >= 15 is 0 Å². The molecule has 0 atom stereocenters. The van der Waals surface area contributed by atoms with Gasteiger partial charge in [-0.25, -0.2) is 13.2 Å². The Bertz CT molecular complexity index is 565. The molecule has 0 saturated carbocycles. The van der Waals surface area contributed by atoms with Crippen LogP contribution in [0.5, 0.6) is 0 Å². The molecule has 0 spiro atoms. The van der Waals surface area contributed by atoms with Crippen molar-refractivity contribution in [3.63, 3.8) is 0 Å². The molecule has 4 nitrogen and oxygen atoms in total. The van der Waals surface area contributed by atoms with Crippen LogP contribution >= 0.6 is 0 Å². The van der Waals surface area contributed by atoms with Crippen molar-refractivity contribution >= 4 is 17.2 Å². The highest BCUT2D eigenvalue weighted by molar-refractivity contribution is 5.68. The van der Waals surface area contributed by atoms with Gasteiger partial charge in [0.2, 0.25) is 0 Å². The van der Waals surface area contributed by atoms with Crippen molar-refractivity contribution in [2.45, 2.75) is 0 Å². The molecular weight excluding hydrogens is 233 g/mol. The number of benzene rings is 1. The summed E-state index contributed by atoms with van der Waals surface area (Å²) >= 11 is 0. The van der Waals surface area contributed by atoms with E-state index < -0.39 is 17.5 Å². The van der Waals surface area contributed by atoms with Gasteiger partial charge in [-0.3, -0.25) is 4.68 Å². The summed E-state index contributed by atoms with van der Waals surface area (Å²) in [5.41, 5.74) is 5.62. The average Bonchev–Trinajstić information content (AvgIpc) is 2.58. The predicted octanol–water partition coefficient (Wildman–Crippen LogP) is 2.16. The van der Waals surface area contributed by atoms with E-state index in [0.29, 0.717) is 0 Å². The number of nitrogens with one attached hydrogen (secondary N) is 1. The maximum Gasteiger partial charge on any atom is 0.196 e. The number of nitrogen functional groups attached to an aromatic ring is 1. The van der Waals surface area contributed by atoms with Crippen molar-refractivity contribution in [3.05, 3.63) is 35.8 Å². The molecule has 0 bridgehead atoms. The monoisotopic (exact) mass is 242 g/mol. The van der Waals surface area contributed by atoms with Crippen LogP contribution in [0.15, 0.2) is 18.3 Å². The smallest absolute Gasteiger partial charge is 0.196 e. The van der Waals surface area contributed by atoms with Gasteiger partial charge in [-0.2, -0.15) is 5.10 Å². The molecule has 0 unspecified atom stereocenters. The lowest BCUT2D eigenvalue weighted by atomic mass is 10.3. The second kappa shape index (κ2) is 4.00. The Morgan fingerprint density at radius 2 is 1.94 bits per heavy atom. The topological polar surface area (TPSA) is 55.9 Å². The van der Waals surface area contributed by atoms with Gasteiger partial charge in [0.25, 0.3) is 0 Å². The molecule has 1 aromatic carbocycles. The zero-order valence-corrected chi connectivity index (χ0v) is 8.84. The minimum Gasteiger partial charge on any atom is -0.394 e. The van der Waals surface area contributed by atoms with Crippen LogP contribution in [0.25, 0.3) is 0 Å². The van der Waals surface area contributed by atoms with E-state index in [-0.39, 0.29) is 17.2 Å². The molecule has 7 heteroatoms. The first kappa shape index (κ1) is 11.3. The van der Waals surface area contributed by atoms with E-state index in [2.05, 4.69) is 10.4 Å². The molecule has 2 rings (SSSR count). The van der Waals surface area contributed by atoms with E-state index in [1.165, 1.54) is 10.9 Å². The first-order chi connectivity index (χ1) is 7.99. The molecule has 2 aromatic rings. The number of nitrogens with zero attached hydrogens (tertiary/aromatic N) is 2. The molecule has 90 valence electrons. The largest absolute Gasteiger partial charge is 0.394 e. The van der Waals surface area contributed by atoms with Gasteiger partial charge in [0.15, 0.2) is 23.3 Å². The van der Waals surface area contributed by atoms with Crippen molar-refractivity contribution < 1.29 is 13.2 Å². The molecular formula is C10H9F3N4. The predicted molar refractivity (Wildman–Crippen MR) is 57.2 cm³/mol. The van der Waals surface area contributed by atoms with E-state index in [9.17, 15) is 13.2 Å². The molecule has 0 aliphatic rings. The quantitative estimate of drug-likeness (QED) is 0.793. The van der Waals surface area contributed by atoms with E-state index in [0.717, 1.165) is 12.1 Å². The molecule has 0 radical (unpaired) electrons. The van der Waals surface area contributed by atoms with Crippen LogP contribution in [0.4, 0.5) is 30.4 Å². The maximum atomic E-state index is 13.3. The van der Waals surface area contributed by atoms with E-state index in [1.54, 1.807) is 7.05 Å². The SMILES string of the molecule is Cn1cc(N)c(Nc2ccc(F)c(F)c2F)n1. The molecule has 17 heavy (non-hydrogen) atoms. The Morgan fingerprint density at radius 1 is 1.24 bits per heavy atom. The summed E-state index contributed by atoms with van der Waals surface area (Å²) in [6, 6.07) is 1.89. The summed E-state index contributed by atoms with van der Waals surface area (Å²) in [5, 5.41) is 6.39. The summed E-state index contributed by atoms with van der Waals surface area (Å²) in [6.07, 6.45) is 1.50. The number of hydrogen-bond acceptors (Lipinski definition) is 3. The van der Waals surface area contributed by atoms with Crippen LogP contribution in [0.2, 0.25) is 0 Å². The van der Waals surface area contributed by atoms with Crippen LogP contribution in [-0.2, 0) is 7.05 Å². The van der Waals surface area contributed by atoms with Crippen LogP contribution in [0, 0.1) is 17.5 Å². The maximum absolute atomic E-state index is 13.3. The number of halogens is 3. The summed E-state index contributed by atoms with van der Waals surface area (Å²) in [7, 11) is 1.63. The minimum absolute atomic E-state index is 0.178. The standard InChI is InChI=1S/C10H9F3N4/c1-17-4-6(14)10(16-17)15-7-3-2-5(11)8(12)9(7)13/h2-4H,14H2,1H3,(H,15,16). The van der Waals surface area contributed by atoms with Crippen molar-refractivity contribution in [2.75, 3.05) is 11.1 Å². The third kappa shape index (κ3) is 2.03. The van der Waals surface area contributed by atoms with Crippen molar-refractivity contribution in [2.24, 2.45) is 7.05 Å². The number of aryl methyl sites for hydroxylation is 1. The molecule has 0 aliphatic heterocycles. The Hall–Kier alpha value is -2.18. The van der Waals surface area contributed by atoms with E-state index in [1.807, 2.05) is 0 Å². The number of rotatable bonds is 2. The lowest BCUT2D eigenvalue weighted by Crippen LogP contribution is -2.01. The molecule has 1 aromatic heterocycles. The van der Waals surface area contributed by atoms with Gasteiger partial charge in [0.1, 0.15) is 0 Å². The fraction of sp³-hybridized carbons (Fsp3) is 0.100. The second-order valence-electron chi connectivity index (χ2n) is 3.45. The van der Waals surface area contributed by atoms with Gasteiger partial charge in [0, 0.05) is 13.2 Å². The van der Waals surface area contributed by atoms with Gasteiger partial charge in [-0.05, 0) is 12.1 Å². The minimum atomic E-state index is -1.54. The fourth-order valence-corrected chi connectivity index (χ4v) is 1.35. The lowest BCUT2D eigenvalue weighted by Gasteiger charge is -2.06. The molecule has 0 saturated heterocycles. The summed E-state index contributed by atoms with van der Waals surface area (Å²) in [4.78, 5) is 0. The molecule has 0 amide bonds. The highest BCUT2D eigenvalue weighted by Gasteiger charge is 2.15. The Balaban J connectivity index is 2.37. The Kier molecular flexibility index (Phi) is 2.66. The zero-order chi connectivity index (χ0) is 12.6. The number of aromatic nitrogens is 2. The molecule has 0 aliphatic carbocycles. The van der Waals surface area contributed by atoms with Crippen LogP contribution in [0.3, 0.4) is 0 Å². The summed E-state index contributed by atoms with van der Waals surface area (Å²) < 4.78 is 40.4. The lowest BCUT2D eigenvalue weighted by molar-refractivity contribution is 0.449. The van der Waals surface area contributed by atoms with Crippen molar-refractivity contribution in [3.8, 4) is 0 Å². The number of hydrogen-bond donors (Lipinski definition) is 2. The summed E-state index contributed by atoms with van der Waals surface area (Å²) in [5.74, 6) is -3.92. The number of anilines is 3. The van der Waals surface area contributed by atoms with Crippen molar-refractivity contribution in [1.82, 2.24) is 9.78 Å². The number of nitrogens with two attached hydrogens (primary N) is 1. The van der Waals surface area contributed by atoms with Crippen molar-refractivity contribution in [1.29, 1.82) is 0 Å². The van der Waals surface area contributed by atoms with Gasteiger partial charge < -0.3 is 11.1 Å². The summed E-state index contributed by atoms with van der Waals surface area (Å²) in [6.45, 7) is 0. The highest BCUT2D eigenvalue weighted by atomic mass is 19.2. The molecule has 1 heterocycles. The first-order valence-electron chi connectivity index (χ1n) is 4.68. The van der Waals surface area contributed by atoms with Gasteiger partial charge >= 0.3 is 0 Å². The average molecular weight is 242 g/mol. The van der Waals surface area contributed by atoms with Gasteiger partial charge in [-0.15, -0.1) is 0 Å². The third-order valence-electron chi connectivity index (χ3n) is 2.15. The fourth-order valence-electron chi connectivity index (χ4n) is 1.35. The highest BCUT2D eigenvalue weighted by Crippen LogP contribution is 2.25. The molecule has 0 fully saturated rings. The van der Waals surface area contributed by atoms with Crippen LogP contribution in [-0.4, -0.2) is 9.78 Å². The Morgan fingerprint density at radius 3 is 2.53 bits per heavy atom. The zero-order valence-electron chi connectivity index (χ0n) is 8.84. The Labute approximate surface area is 94.8 Å². The van der Waals surface area contributed by atoms with Crippen LogP contribution < -0.4 is 11.1 Å². The van der Waals surface area contributed by atoms with Gasteiger partial charge in [0.05, 0.1) is 11.4 Å². The second-order valence-corrected chi connectivity index (χ2v) is 3.45. The third-order valence-corrected chi connectivity index (χ3v) is 2.15.